The molecule has 13 nitrogen and oxygen atoms in total. The van der Waals surface area contributed by atoms with Crippen molar-refractivity contribution in [2.45, 2.75) is 31.7 Å². The largest absolute Gasteiger partial charge is 1.00 e. The first kappa shape index (κ1) is 26.7. The van der Waals surface area contributed by atoms with Crippen molar-refractivity contribution in [2.24, 2.45) is 5.29 Å². The zero-order valence-electron chi connectivity index (χ0n) is 18.1. The van der Waals surface area contributed by atoms with Crippen LogP contribution in [0.4, 0.5) is 5.95 Å². The number of hydrogen-bond donors (Lipinski definition) is 3. The zero-order valence-corrected chi connectivity index (χ0v) is 20.1. The van der Waals surface area contributed by atoms with Crippen molar-refractivity contribution in [3.05, 3.63) is 62.4 Å². The smallest absolute Gasteiger partial charge is 0.550 e. The van der Waals surface area contributed by atoms with Gasteiger partial charge in [0.1, 0.15) is 0 Å². The van der Waals surface area contributed by atoms with Gasteiger partial charge in [-0.3, -0.25) is 14.6 Å². The van der Waals surface area contributed by atoms with Crippen LogP contribution < -0.4 is 56.4 Å². The molecule has 0 fully saturated rings. The summed E-state index contributed by atoms with van der Waals surface area (Å²) in [5.41, 5.74) is 6.56. The van der Waals surface area contributed by atoms with Gasteiger partial charge in [-0.15, -0.1) is 4.91 Å². The van der Waals surface area contributed by atoms with E-state index in [-0.39, 0.29) is 58.5 Å². The molecule has 0 bridgehead atoms. The van der Waals surface area contributed by atoms with Crippen molar-refractivity contribution >= 4 is 34.8 Å². The quantitative estimate of drug-likeness (QED) is 0.188. The summed E-state index contributed by atoms with van der Waals surface area (Å²) >= 11 is 0. The molecule has 0 saturated heterocycles. The number of carbonyl (C=O) groups excluding carboxylic acids is 3. The van der Waals surface area contributed by atoms with Crippen LogP contribution in [0.15, 0.2) is 40.5 Å². The van der Waals surface area contributed by atoms with E-state index in [1.165, 1.54) is 18.3 Å². The molecule has 172 valence electrons. The van der Waals surface area contributed by atoms with Gasteiger partial charge in [-0.1, -0.05) is 12.1 Å². The molecule has 0 aliphatic rings. The topological polar surface area (TPSA) is 215 Å². The van der Waals surface area contributed by atoms with Gasteiger partial charge in [-0.25, -0.2) is 0 Å². The molecule has 0 radical (unpaired) electrons. The summed E-state index contributed by atoms with van der Waals surface area (Å²) in [6.07, 6.45) is 1.29. The number of carboxylic acid groups (broad SMARTS) is 2. The fourth-order valence-corrected chi connectivity index (χ4v) is 3.31. The number of rotatable bonds is 10. The third kappa shape index (κ3) is 6.27. The molecular formula is C20H18N6NaO7-. The van der Waals surface area contributed by atoms with Crippen molar-refractivity contribution in [2.75, 3.05) is 5.73 Å². The molecule has 2 aromatic heterocycles. The Balaban J connectivity index is 0.00000408. The maximum atomic E-state index is 12.3. The van der Waals surface area contributed by atoms with Crippen LogP contribution in [0, 0.1) is 4.91 Å². The zero-order chi connectivity index (χ0) is 24.1. The minimum absolute atomic E-state index is 0. The number of aromatic amines is 1. The molecule has 0 saturated carbocycles. The van der Waals surface area contributed by atoms with Crippen LogP contribution in [0.2, 0.25) is 0 Å². The predicted molar refractivity (Wildman–Crippen MR) is 110 cm³/mol. The van der Waals surface area contributed by atoms with E-state index in [1.54, 1.807) is 12.1 Å². The monoisotopic (exact) mass is 477 g/mol. The molecular weight excluding hydrogens is 459 g/mol. The van der Waals surface area contributed by atoms with Gasteiger partial charge in [-0.2, -0.15) is 9.66 Å². The number of nitrogens with zero attached hydrogens (tertiary/aromatic N) is 3. The standard InChI is InChI=1S/C20H20N6O7.Na/c21-20-23-16-15(18(30)24-20)12(9-26(16)25-33)6-3-10-1-4-11(5-2-10)17(29)22-13(19(31)32)7-8-14(27)28;/h1-2,4-5,9,13H,3,6-8H2,(H,22,29)(H,27,28)(H,31,32)(H3,21,23,24,30);/q;+1/p-2. The van der Waals surface area contributed by atoms with E-state index < -0.39 is 35.9 Å². The minimum atomic E-state index is -1.60. The van der Waals surface area contributed by atoms with Gasteiger partial charge in [0.05, 0.1) is 22.7 Å². The number of amides is 1. The maximum absolute atomic E-state index is 12.3. The van der Waals surface area contributed by atoms with E-state index in [9.17, 15) is 34.3 Å². The number of hydrogen-bond acceptors (Lipinski definition) is 10. The van der Waals surface area contributed by atoms with Crippen molar-refractivity contribution in [3.63, 3.8) is 0 Å². The van der Waals surface area contributed by atoms with E-state index in [2.05, 4.69) is 20.6 Å². The molecule has 1 atom stereocenters. The number of fused-ring (bicyclic) bond motifs is 1. The summed E-state index contributed by atoms with van der Waals surface area (Å²) in [6, 6.07) is 4.76. The van der Waals surface area contributed by atoms with E-state index in [0.717, 1.165) is 10.2 Å². The Kier molecular flexibility index (Phi) is 9.06. The van der Waals surface area contributed by atoms with Gasteiger partial charge in [0.25, 0.3) is 11.5 Å². The number of benzene rings is 1. The number of carbonyl (C=O) groups is 3. The van der Waals surface area contributed by atoms with Gasteiger partial charge >= 0.3 is 29.6 Å². The van der Waals surface area contributed by atoms with Crippen molar-refractivity contribution < 1.29 is 54.2 Å². The van der Waals surface area contributed by atoms with Crippen LogP contribution in [-0.2, 0) is 22.4 Å². The third-order valence-electron chi connectivity index (χ3n) is 4.95. The Labute approximate surface area is 213 Å². The number of aryl methyl sites for hydroxylation is 2. The molecule has 1 amide bonds. The Morgan fingerprint density at radius 1 is 1.18 bits per heavy atom. The minimum Gasteiger partial charge on any atom is -0.550 e. The second-order valence-corrected chi connectivity index (χ2v) is 7.18. The molecule has 4 N–H and O–H groups in total. The number of nitrogen functional groups attached to an aromatic ring is 1. The molecule has 0 aliphatic carbocycles. The number of aromatic nitrogens is 3. The first-order valence-corrected chi connectivity index (χ1v) is 9.73. The average molecular weight is 477 g/mol. The molecule has 0 spiro atoms. The summed E-state index contributed by atoms with van der Waals surface area (Å²) in [4.78, 5) is 63.5. The van der Waals surface area contributed by atoms with Crippen LogP contribution in [0.5, 0.6) is 0 Å². The molecule has 1 unspecified atom stereocenters. The number of nitroso groups, excluding NO2 is 1. The fraction of sp³-hybridized carbons (Fsp3) is 0.250. The Bertz CT molecular complexity index is 1290. The summed E-state index contributed by atoms with van der Waals surface area (Å²) in [6.45, 7) is 0. The number of carboxylic acids is 2. The summed E-state index contributed by atoms with van der Waals surface area (Å²) < 4.78 is 0.928. The van der Waals surface area contributed by atoms with Gasteiger partial charge in [0, 0.05) is 17.7 Å². The second-order valence-electron chi connectivity index (χ2n) is 7.18. The van der Waals surface area contributed by atoms with Crippen molar-refractivity contribution in [3.8, 4) is 0 Å². The summed E-state index contributed by atoms with van der Waals surface area (Å²) in [5.74, 6) is -3.88. The normalized spacial score (nSPS) is 11.4. The maximum Gasteiger partial charge on any atom is 1.00 e. The first-order valence-electron chi connectivity index (χ1n) is 9.73. The van der Waals surface area contributed by atoms with Crippen molar-refractivity contribution in [1.29, 1.82) is 0 Å². The molecule has 3 rings (SSSR count). The number of aliphatic carboxylic acids is 2. The number of nitrogens with one attached hydrogen (secondary N) is 2. The van der Waals surface area contributed by atoms with E-state index in [1.807, 2.05) is 0 Å². The van der Waals surface area contributed by atoms with E-state index in [0.29, 0.717) is 18.4 Å². The van der Waals surface area contributed by atoms with Gasteiger partial charge < -0.3 is 30.9 Å². The number of nitrogens with two attached hydrogens (primary N) is 1. The van der Waals surface area contributed by atoms with Crippen molar-refractivity contribution in [1.82, 2.24) is 20.0 Å². The molecule has 1 aromatic carbocycles. The van der Waals surface area contributed by atoms with E-state index in [4.69, 9.17) is 5.73 Å². The Morgan fingerprint density at radius 2 is 1.85 bits per heavy atom. The SMILES string of the molecule is Nc1nc2c(c(CCc3ccc(C(=O)NC(CCC(=O)[O-])C(=O)[O-])cc3)cn2N=O)c(=O)[nH]1.[Na+]. The number of H-pyrrole nitrogens is 1. The third-order valence-corrected chi connectivity index (χ3v) is 4.95. The summed E-state index contributed by atoms with van der Waals surface area (Å²) in [7, 11) is 0. The first-order chi connectivity index (χ1) is 15.7. The van der Waals surface area contributed by atoms with Crippen LogP contribution in [-0.4, -0.2) is 38.5 Å². The molecule has 14 heteroatoms. The predicted octanol–water partition coefficient (Wildman–Crippen LogP) is -5.00. The molecule has 34 heavy (non-hydrogen) atoms. The molecule has 0 aliphatic heterocycles. The number of anilines is 1. The van der Waals surface area contributed by atoms with Gasteiger partial charge in [0.15, 0.2) is 5.65 Å². The Hall–Kier alpha value is -3.55. The van der Waals surface area contributed by atoms with Crippen LogP contribution in [0.3, 0.4) is 0 Å². The Morgan fingerprint density at radius 3 is 2.44 bits per heavy atom. The van der Waals surface area contributed by atoms with Gasteiger partial charge in [-0.05, 0) is 48.9 Å². The average Bonchev–Trinajstić information content (AvgIpc) is 3.12. The van der Waals surface area contributed by atoms with Crippen LogP contribution in [0.1, 0.15) is 34.3 Å². The van der Waals surface area contributed by atoms with Crippen LogP contribution >= 0.6 is 0 Å². The molecule has 3 aromatic rings. The van der Waals surface area contributed by atoms with Gasteiger partial charge in [0.2, 0.25) is 5.95 Å². The molecule has 2 heterocycles. The van der Waals surface area contributed by atoms with Crippen LogP contribution in [0.25, 0.3) is 11.0 Å². The summed E-state index contributed by atoms with van der Waals surface area (Å²) in [5, 5.41) is 26.9. The second kappa shape index (κ2) is 11.5. The van der Waals surface area contributed by atoms with E-state index >= 15 is 0 Å². The fourth-order valence-electron chi connectivity index (χ4n) is 3.31.